The Bertz CT molecular complexity index is 393. The Morgan fingerprint density at radius 3 is 2.81 bits per heavy atom. The van der Waals surface area contributed by atoms with Crippen LogP contribution < -0.4 is 11.1 Å². The van der Waals surface area contributed by atoms with Gasteiger partial charge in [-0.25, -0.2) is 0 Å². The van der Waals surface area contributed by atoms with Crippen LogP contribution in [0.3, 0.4) is 0 Å². The zero-order valence-electron chi connectivity index (χ0n) is 9.73. The fourth-order valence-corrected chi connectivity index (χ4v) is 2.02. The number of rotatable bonds is 3. The Morgan fingerprint density at radius 1 is 1.62 bits per heavy atom. The number of hydrogen-bond donors (Lipinski definition) is 2. The van der Waals surface area contributed by atoms with Crippen molar-refractivity contribution in [1.82, 2.24) is 15.1 Å². The van der Waals surface area contributed by atoms with Crippen molar-refractivity contribution in [2.24, 2.45) is 5.73 Å². The van der Waals surface area contributed by atoms with Crippen LogP contribution in [0.1, 0.15) is 24.2 Å². The number of carbonyl (C=O) groups excluding carboxylic acids is 1. The summed E-state index contributed by atoms with van der Waals surface area (Å²) < 4.78 is 1.73. The molecule has 1 amide bonds. The van der Waals surface area contributed by atoms with Gasteiger partial charge >= 0.3 is 0 Å². The van der Waals surface area contributed by atoms with Gasteiger partial charge in [-0.15, -0.1) is 0 Å². The van der Waals surface area contributed by atoms with E-state index >= 15 is 0 Å². The van der Waals surface area contributed by atoms with Crippen molar-refractivity contribution < 1.29 is 4.79 Å². The number of nitrogens with two attached hydrogens (primary N) is 1. The van der Waals surface area contributed by atoms with Gasteiger partial charge in [0.1, 0.15) is 6.54 Å². The summed E-state index contributed by atoms with van der Waals surface area (Å²) in [5.41, 5.74) is 7.61. The lowest BCUT2D eigenvalue weighted by Gasteiger charge is -2.32. The van der Waals surface area contributed by atoms with Crippen LogP contribution in [0.15, 0.2) is 6.07 Å². The second-order valence-electron chi connectivity index (χ2n) is 4.58. The molecule has 0 aromatic carbocycles. The second kappa shape index (κ2) is 4.25. The molecule has 0 radical (unpaired) electrons. The molecule has 1 fully saturated rings. The maximum atomic E-state index is 11.7. The van der Waals surface area contributed by atoms with Crippen LogP contribution in [0.5, 0.6) is 0 Å². The van der Waals surface area contributed by atoms with Crippen LogP contribution in [-0.4, -0.2) is 27.8 Å². The van der Waals surface area contributed by atoms with E-state index in [1.165, 1.54) is 0 Å². The van der Waals surface area contributed by atoms with E-state index in [0.717, 1.165) is 24.2 Å². The first-order chi connectivity index (χ1) is 7.54. The Balaban J connectivity index is 1.85. The first-order valence-electron chi connectivity index (χ1n) is 5.60. The van der Waals surface area contributed by atoms with E-state index in [4.69, 9.17) is 5.73 Å². The van der Waals surface area contributed by atoms with Crippen molar-refractivity contribution in [2.45, 2.75) is 45.3 Å². The minimum absolute atomic E-state index is 0.0168. The van der Waals surface area contributed by atoms with E-state index in [-0.39, 0.29) is 18.0 Å². The Labute approximate surface area is 95.0 Å². The fraction of sp³-hybridized carbons (Fsp3) is 0.636. The molecule has 5 nitrogen and oxygen atoms in total. The smallest absolute Gasteiger partial charge is 0.241 e. The molecule has 0 atom stereocenters. The summed E-state index contributed by atoms with van der Waals surface area (Å²) in [6.07, 6.45) is 1.78. The number of aromatic nitrogens is 2. The SMILES string of the molecule is Cc1cc(C)n(CC(=O)NC2CC(N)C2)n1. The normalized spacial score (nSPS) is 23.9. The summed E-state index contributed by atoms with van der Waals surface area (Å²) in [6, 6.07) is 2.49. The molecular formula is C11H18N4O. The first-order valence-corrected chi connectivity index (χ1v) is 5.60. The monoisotopic (exact) mass is 222 g/mol. The zero-order chi connectivity index (χ0) is 11.7. The van der Waals surface area contributed by atoms with Gasteiger partial charge in [0.25, 0.3) is 0 Å². The van der Waals surface area contributed by atoms with Crippen molar-refractivity contribution in [3.05, 3.63) is 17.5 Å². The topological polar surface area (TPSA) is 72.9 Å². The van der Waals surface area contributed by atoms with Gasteiger partial charge in [-0.2, -0.15) is 5.10 Å². The van der Waals surface area contributed by atoms with Gasteiger partial charge in [0.05, 0.1) is 5.69 Å². The molecule has 16 heavy (non-hydrogen) atoms. The Kier molecular flexibility index (Phi) is 2.96. The molecule has 1 aliphatic carbocycles. The summed E-state index contributed by atoms with van der Waals surface area (Å²) >= 11 is 0. The molecule has 0 aliphatic heterocycles. The van der Waals surface area contributed by atoms with Crippen molar-refractivity contribution in [3.8, 4) is 0 Å². The summed E-state index contributed by atoms with van der Waals surface area (Å²) in [6.45, 7) is 4.17. The minimum atomic E-state index is 0.0168. The highest BCUT2D eigenvalue weighted by Gasteiger charge is 2.27. The molecule has 0 spiro atoms. The fourth-order valence-electron chi connectivity index (χ4n) is 2.02. The highest BCUT2D eigenvalue weighted by atomic mass is 16.2. The number of nitrogens with one attached hydrogen (secondary N) is 1. The lowest BCUT2D eigenvalue weighted by atomic mass is 9.88. The molecule has 3 N–H and O–H groups in total. The van der Waals surface area contributed by atoms with Gasteiger partial charge in [0.2, 0.25) is 5.91 Å². The maximum absolute atomic E-state index is 11.7. The van der Waals surface area contributed by atoms with Gasteiger partial charge in [-0.3, -0.25) is 9.48 Å². The van der Waals surface area contributed by atoms with Crippen molar-refractivity contribution in [3.63, 3.8) is 0 Å². The number of hydrogen-bond acceptors (Lipinski definition) is 3. The van der Waals surface area contributed by atoms with E-state index in [2.05, 4.69) is 10.4 Å². The third kappa shape index (κ3) is 2.41. The molecule has 88 valence electrons. The third-order valence-electron chi connectivity index (χ3n) is 2.94. The average molecular weight is 222 g/mol. The maximum Gasteiger partial charge on any atom is 0.241 e. The van der Waals surface area contributed by atoms with Crippen molar-refractivity contribution in [1.29, 1.82) is 0 Å². The summed E-state index contributed by atoms with van der Waals surface area (Å²) in [4.78, 5) is 11.7. The first kappa shape index (κ1) is 11.1. The predicted octanol–water partition coefficient (Wildman–Crippen LogP) is 0.106. The molecule has 0 bridgehead atoms. The number of aryl methyl sites for hydroxylation is 2. The van der Waals surface area contributed by atoms with Crippen LogP contribution >= 0.6 is 0 Å². The van der Waals surface area contributed by atoms with E-state index in [1.54, 1.807) is 4.68 Å². The quantitative estimate of drug-likeness (QED) is 0.762. The summed E-state index contributed by atoms with van der Waals surface area (Å²) in [5.74, 6) is 0.0168. The molecule has 0 saturated heterocycles. The van der Waals surface area contributed by atoms with Gasteiger partial charge in [0.15, 0.2) is 0 Å². The molecule has 1 aromatic heterocycles. The second-order valence-corrected chi connectivity index (χ2v) is 4.58. The molecule has 1 heterocycles. The van der Waals surface area contributed by atoms with Crippen LogP contribution in [0.2, 0.25) is 0 Å². The third-order valence-corrected chi connectivity index (χ3v) is 2.94. The molecule has 2 rings (SSSR count). The zero-order valence-corrected chi connectivity index (χ0v) is 9.73. The van der Waals surface area contributed by atoms with E-state index in [9.17, 15) is 4.79 Å². The summed E-state index contributed by atoms with van der Waals surface area (Å²) in [7, 11) is 0. The molecule has 0 unspecified atom stereocenters. The van der Waals surface area contributed by atoms with Gasteiger partial charge in [-0.1, -0.05) is 0 Å². The van der Waals surface area contributed by atoms with E-state index in [0.29, 0.717) is 6.54 Å². The largest absolute Gasteiger partial charge is 0.352 e. The van der Waals surface area contributed by atoms with Crippen LogP contribution in [0.25, 0.3) is 0 Å². The molecule has 1 saturated carbocycles. The van der Waals surface area contributed by atoms with E-state index < -0.39 is 0 Å². The van der Waals surface area contributed by atoms with Crippen LogP contribution in [-0.2, 0) is 11.3 Å². The van der Waals surface area contributed by atoms with Crippen LogP contribution in [0, 0.1) is 13.8 Å². The van der Waals surface area contributed by atoms with Crippen molar-refractivity contribution in [2.75, 3.05) is 0 Å². The minimum Gasteiger partial charge on any atom is -0.352 e. The van der Waals surface area contributed by atoms with Crippen LogP contribution in [0.4, 0.5) is 0 Å². The standard InChI is InChI=1S/C11H18N4O/c1-7-3-8(2)15(14-7)6-11(16)13-10-4-9(12)5-10/h3,9-10H,4-6,12H2,1-2H3,(H,13,16). The predicted molar refractivity (Wildman–Crippen MR) is 60.8 cm³/mol. The molecule has 5 heteroatoms. The van der Waals surface area contributed by atoms with Gasteiger partial charge < -0.3 is 11.1 Å². The number of nitrogens with zero attached hydrogens (tertiary/aromatic N) is 2. The summed E-state index contributed by atoms with van der Waals surface area (Å²) in [5, 5.41) is 7.20. The van der Waals surface area contributed by atoms with Crippen molar-refractivity contribution >= 4 is 5.91 Å². The molecular weight excluding hydrogens is 204 g/mol. The Hall–Kier alpha value is -1.36. The highest BCUT2D eigenvalue weighted by Crippen LogP contribution is 2.17. The lowest BCUT2D eigenvalue weighted by Crippen LogP contribution is -2.51. The number of amides is 1. The molecule has 1 aliphatic rings. The lowest BCUT2D eigenvalue weighted by molar-refractivity contribution is -0.123. The van der Waals surface area contributed by atoms with E-state index in [1.807, 2.05) is 19.9 Å². The van der Waals surface area contributed by atoms with Gasteiger partial charge in [-0.05, 0) is 32.8 Å². The number of carbonyl (C=O) groups is 1. The average Bonchev–Trinajstić information content (AvgIpc) is 2.42. The highest BCUT2D eigenvalue weighted by molar-refractivity contribution is 5.76. The Morgan fingerprint density at radius 2 is 2.31 bits per heavy atom. The van der Waals surface area contributed by atoms with Gasteiger partial charge in [0, 0.05) is 17.8 Å². The molecule has 1 aromatic rings.